The van der Waals surface area contributed by atoms with Crippen molar-refractivity contribution in [1.29, 1.82) is 0 Å². The number of pyridine rings is 1. The predicted molar refractivity (Wildman–Crippen MR) is 138 cm³/mol. The number of rotatable bonds is 6. The lowest BCUT2D eigenvalue weighted by Crippen LogP contribution is -2.40. The molecular weight excluding hydrogens is 432 g/mol. The summed E-state index contributed by atoms with van der Waals surface area (Å²) >= 11 is 1.90. The molecule has 3 aromatic rings. The monoisotopic (exact) mass is 466 g/mol. The van der Waals surface area contributed by atoms with Crippen LogP contribution in [0.5, 0.6) is 0 Å². The number of nitrogens with one attached hydrogen (secondary N) is 2. The normalized spacial score (nSPS) is 15.8. The fraction of sp³-hybridized carbons (Fsp3) is 0.480. The van der Waals surface area contributed by atoms with Crippen LogP contribution in [0.15, 0.2) is 17.3 Å². The number of nitrogens with two attached hydrogens (primary N) is 1. The Morgan fingerprint density at radius 2 is 2.12 bits per heavy atom. The number of likely N-dealkylation sites (tertiary alicyclic amines) is 1. The molecule has 1 aliphatic rings. The predicted octanol–water partition coefficient (Wildman–Crippen LogP) is 4.58. The second-order valence-corrected chi connectivity index (χ2v) is 10.3. The van der Waals surface area contributed by atoms with E-state index in [9.17, 15) is 4.79 Å². The van der Waals surface area contributed by atoms with Gasteiger partial charge >= 0.3 is 0 Å². The zero-order chi connectivity index (χ0) is 23.7. The van der Waals surface area contributed by atoms with Crippen molar-refractivity contribution < 1.29 is 4.79 Å². The van der Waals surface area contributed by atoms with Crippen LogP contribution in [0.25, 0.3) is 21.5 Å². The number of hydrogen-bond acceptors (Lipinski definition) is 5. The highest BCUT2D eigenvalue weighted by Gasteiger charge is 2.28. The van der Waals surface area contributed by atoms with Crippen molar-refractivity contribution in [3.05, 3.63) is 33.8 Å². The Kier molecular flexibility index (Phi) is 6.86. The molecule has 0 spiro atoms. The molecule has 8 heteroatoms. The maximum Gasteiger partial charge on any atom is 0.233 e. The topological polar surface area (TPSA) is 99.4 Å². The van der Waals surface area contributed by atoms with Crippen LogP contribution in [-0.2, 0) is 4.79 Å². The molecule has 0 radical (unpaired) electrons. The molecule has 33 heavy (non-hydrogen) atoms. The van der Waals surface area contributed by atoms with E-state index in [1.54, 1.807) is 7.05 Å². The van der Waals surface area contributed by atoms with Crippen LogP contribution in [0.4, 0.5) is 5.82 Å². The van der Waals surface area contributed by atoms with E-state index in [-0.39, 0.29) is 5.91 Å². The zero-order valence-electron chi connectivity index (χ0n) is 20.2. The summed E-state index contributed by atoms with van der Waals surface area (Å²) in [5, 5.41) is 4.10. The van der Waals surface area contributed by atoms with Gasteiger partial charge in [-0.3, -0.25) is 9.69 Å². The minimum atomic E-state index is 0.0933. The van der Waals surface area contributed by atoms with Crippen LogP contribution in [0.3, 0.4) is 0 Å². The summed E-state index contributed by atoms with van der Waals surface area (Å²) < 4.78 is 0. The molecule has 3 aromatic heterocycles. The molecule has 176 valence electrons. The van der Waals surface area contributed by atoms with Gasteiger partial charge in [-0.2, -0.15) is 0 Å². The standard InChI is InChI=1S/C25H34N6OS/c1-14(2)20-21-16(4)23(17-6-8-31(9-7-17)12-19(32)27-5)33-25(21)30-22(20)18-10-15(3)24(28-11-18)29-13-26/h10-11,13-14,17,30H,6-9,12H2,1-5H3,(H,27,32)(H2,26,28,29). The lowest BCUT2D eigenvalue weighted by Gasteiger charge is -2.31. The number of carbonyl (C=O) groups excluding carboxylic acids is 1. The molecule has 4 heterocycles. The maximum atomic E-state index is 11.7. The summed E-state index contributed by atoms with van der Waals surface area (Å²) in [6, 6.07) is 2.13. The summed E-state index contributed by atoms with van der Waals surface area (Å²) in [6.07, 6.45) is 5.36. The highest BCUT2D eigenvalue weighted by molar-refractivity contribution is 7.19. The van der Waals surface area contributed by atoms with Gasteiger partial charge in [0.15, 0.2) is 5.82 Å². The number of aromatic amines is 1. The van der Waals surface area contributed by atoms with Crippen molar-refractivity contribution >= 4 is 39.6 Å². The highest BCUT2D eigenvalue weighted by Crippen LogP contribution is 2.45. The maximum absolute atomic E-state index is 11.7. The fourth-order valence-electron chi connectivity index (χ4n) is 4.99. The highest BCUT2D eigenvalue weighted by atomic mass is 32.1. The molecular formula is C25H34N6OS. The number of thiophene rings is 1. The first kappa shape index (κ1) is 23.4. The average Bonchev–Trinajstić information content (AvgIpc) is 3.32. The number of nitrogens with zero attached hydrogens (tertiary/aromatic N) is 3. The van der Waals surface area contributed by atoms with Crippen molar-refractivity contribution in [3.8, 4) is 11.3 Å². The van der Waals surface area contributed by atoms with Crippen molar-refractivity contribution in [2.75, 3.05) is 26.7 Å². The quantitative estimate of drug-likeness (QED) is 0.366. The summed E-state index contributed by atoms with van der Waals surface area (Å²) in [4.78, 5) is 29.1. The van der Waals surface area contributed by atoms with Gasteiger partial charge in [0.05, 0.1) is 18.6 Å². The number of aromatic nitrogens is 2. The lowest BCUT2D eigenvalue weighted by molar-refractivity contribution is -0.122. The molecule has 0 atom stereocenters. The Morgan fingerprint density at radius 3 is 2.73 bits per heavy atom. The van der Waals surface area contributed by atoms with Crippen LogP contribution in [0, 0.1) is 13.8 Å². The van der Waals surface area contributed by atoms with Crippen LogP contribution < -0.4 is 11.1 Å². The summed E-state index contributed by atoms with van der Waals surface area (Å²) in [5.74, 6) is 1.68. The van der Waals surface area contributed by atoms with Crippen molar-refractivity contribution in [2.45, 2.75) is 52.4 Å². The Morgan fingerprint density at radius 1 is 1.39 bits per heavy atom. The fourth-order valence-corrected chi connectivity index (χ4v) is 6.38. The zero-order valence-corrected chi connectivity index (χ0v) is 21.0. The summed E-state index contributed by atoms with van der Waals surface area (Å²) in [5.41, 5.74) is 11.5. The Hall–Kier alpha value is -2.71. The number of aryl methyl sites for hydroxylation is 2. The molecule has 7 nitrogen and oxygen atoms in total. The van der Waals surface area contributed by atoms with Gasteiger partial charge in [0.25, 0.3) is 0 Å². The van der Waals surface area contributed by atoms with Gasteiger partial charge in [0.2, 0.25) is 5.91 Å². The van der Waals surface area contributed by atoms with Gasteiger partial charge in [-0.1, -0.05) is 13.8 Å². The molecule has 1 aliphatic heterocycles. The van der Waals surface area contributed by atoms with Gasteiger partial charge in [-0.15, -0.1) is 11.3 Å². The average molecular weight is 467 g/mol. The van der Waals surface area contributed by atoms with Gasteiger partial charge < -0.3 is 16.0 Å². The van der Waals surface area contributed by atoms with Gasteiger partial charge in [0.1, 0.15) is 4.83 Å². The molecule has 1 amide bonds. The first-order chi connectivity index (χ1) is 15.8. The number of likely N-dealkylation sites (N-methyl/N-ethyl adjacent to an activating group) is 1. The first-order valence-corrected chi connectivity index (χ1v) is 12.4. The Labute approximate surface area is 199 Å². The van der Waals surface area contributed by atoms with E-state index in [1.807, 2.05) is 24.5 Å². The van der Waals surface area contributed by atoms with Crippen LogP contribution in [0.2, 0.25) is 0 Å². The van der Waals surface area contributed by atoms with Gasteiger partial charge in [-0.05, 0) is 74.4 Å². The number of carbonyl (C=O) groups is 1. The second-order valence-electron chi connectivity index (χ2n) is 9.23. The summed E-state index contributed by atoms with van der Waals surface area (Å²) in [7, 11) is 1.70. The van der Waals surface area contributed by atoms with E-state index in [2.05, 4.69) is 52.0 Å². The molecule has 4 rings (SSSR count). The van der Waals surface area contributed by atoms with Crippen molar-refractivity contribution in [3.63, 3.8) is 0 Å². The van der Waals surface area contributed by atoms with E-state index in [4.69, 9.17) is 5.73 Å². The Bertz CT molecular complexity index is 1180. The molecule has 1 fully saturated rings. The number of hydrogen-bond donors (Lipinski definition) is 3. The molecule has 1 saturated heterocycles. The third-order valence-corrected chi connectivity index (χ3v) is 8.05. The smallest absolute Gasteiger partial charge is 0.233 e. The van der Waals surface area contributed by atoms with Crippen molar-refractivity contribution in [2.24, 2.45) is 10.7 Å². The van der Waals surface area contributed by atoms with Gasteiger partial charge in [-0.25, -0.2) is 9.98 Å². The largest absolute Gasteiger partial charge is 0.390 e. The minimum Gasteiger partial charge on any atom is -0.390 e. The third-order valence-electron chi connectivity index (χ3n) is 6.68. The molecule has 0 bridgehead atoms. The molecule has 0 aromatic carbocycles. The van der Waals surface area contributed by atoms with Crippen LogP contribution >= 0.6 is 11.3 Å². The second kappa shape index (κ2) is 9.65. The molecule has 0 aliphatic carbocycles. The van der Waals surface area contributed by atoms with Crippen LogP contribution in [-0.4, -0.2) is 53.8 Å². The van der Waals surface area contributed by atoms with E-state index in [1.165, 1.54) is 32.6 Å². The number of aliphatic imine (C=N–C) groups is 1. The van der Waals surface area contributed by atoms with E-state index >= 15 is 0 Å². The number of H-pyrrole nitrogens is 1. The van der Waals surface area contributed by atoms with Crippen LogP contribution in [0.1, 0.15) is 60.1 Å². The molecule has 4 N–H and O–H groups in total. The lowest BCUT2D eigenvalue weighted by atomic mass is 9.90. The molecule has 0 saturated carbocycles. The van der Waals surface area contributed by atoms with E-state index < -0.39 is 0 Å². The SMILES string of the molecule is CNC(=O)CN1CCC(c2sc3[nH]c(-c4cnc(N=CN)c(C)c4)c(C(C)C)c3c2C)CC1. The Balaban J connectivity index is 1.66. The minimum absolute atomic E-state index is 0.0933. The number of amides is 1. The van der Waals surface area contributed by atoms with Crippen molar-refractivity contribution in [1.82, 2.24) is 20.2 Å². The molecule has 0 unspecified atom stereocenters. The van der Waals surface area contributed by atoms with E-state index in [0.29, 0.717) is 24.2 Å². The number of fused-ring (bicyclic) bond motifs is 1. The van der Waals surface area contributed by atoms with E-state index in [0.717, 1.165) is 42.8 Å². The summed E-state index contributed by atoms with van der Waals surface area (Å²) in [6.45, 7) is 11.2. The first-order valence-electron chi connectivity index (χ1n) is 11.6. The number of piperidine rings is 1. The van der Waals surface area contributed by atoms with Gasteiger partial charge in [0, 0.05) is 29.1 Å². The third kappa shape index (κ3) is 4.54.